The maximum absolute atomic E-state index is 11.9. The monoisotopic (exact) mass is 300 g/mol. The molecule has 0 radical (unpaired) electrons. The van der Waals surface area contributed by atoms with Gasteiger partial charge in [-0.15, -0.1) is 0 Å². The zero-order valence-corrected chi connectivity index (χ0v) is 12.6. The van der Waals surface area contributed by atoms with Crippen molar-refractivity contribution in [2.24, 2.45) is 5.73 Å². The number of nitrogens with one attached hydrogen (secondary N) is 1. The minimum Gasteiger partial charge on any atom is -0.382 e. The van der Waals surface area contributed by atoms with Gasteiger partial charge in [-0.25, -0.2) is 13.1 Å². The lowest BCUT2D eigenvalue weighted by molar-refractivity contribution is -0.125. The summed E-state index contributed by atoms with van der Waals surface area (Å²) in [5.74, 6) is -0.976. The third-order valence-corrected chi connectivity index (χ3v) is 4.27. The first-order chi connectivity index (χ1) is 9.04. The van der Waals surface area contributed by atoms with Crippen molar-refractivity contribution in [1.29, 1.82) is 0 Å². The van der Waals surface area contributed by atoms with Gasteiger partial charge >= 0.3 is 0 Å². The van der Waals surface area contributed by atoms with Crippen molar-refractivity contribution in [3.8, 4) is 0 Å². The van der Waals surface area contributed by atoms with E-state index in [-0.39, 0.29) is 10.3 Å². The number of sulfonamides is 1. The van der Waals surface area contributed by atoms with E-state index in [9.17, 15) is 18.3 Å². The third-order valence-electron chi connectivity index (χ3n) is 2.83. The number of hydrogen-bond acceptors (Lipinski definition) is 4. The second kappa shape index (κ2) is 5.90. The normalized spacial score (nSPS) is 14.0. The van der Waals surface area contributed by atoms with Crippen molar-refractivity contribution in [3.05, 3.63) is 29.8 Å². The minimum atomic E-state index is -3.77. The summed E-state index contributed by atoms with van der Waals surface area (Å²) in [6.45, 7) is 5.63. The molecule has 7 heteroatoms. The van der Waals surface area contributed by atoms with Crippen LogP contribution in [0, 0.1) is 0 Å². The Morgan fingerprint density at radius 3 is 2.20 bits per heavy atom. The Morgan fingerprint density at radius 2 is 1.80 bits per heavy atom. The van der Waals surface area contributed by atoms with Crippen LogP contribution < -0.4 is 10.5 Å². The van der Waals surface area contributed by atoms with E-state index in [0.29, 0.717) is 0 Å². The number of aliphatic hydroxyl groups is 1. The molecule has 112 valence electrons. The Balaban J connectivity index is 2.86. The maximum atomic E-state index is 11.9. The van der Waals surface area contributed by atoms with Crippen molar-refractivity contribution in [2.45, 2.75) is 37.2 Å². The molecule has 0 aliphatic heterocycles. The molecular weight excluding hydrogens is 280 g/mol. The molecule has 20 heavy (non-hydrogen) atoms. The first-order valence-electron chi connectivity index (χ1n) is 6.11. The van der Waals surface area contributed by atoms with Gasteiger partial charge in [-0.3, -0.25) is 4.79 Å². The standard InChI is InChI=1S/C13H20N2O4S/c1-13(2,3)9-4-6-10(7-5-9)20(18,19)15-8-11(16)12(14)17/h4-7,11,15-16H,8H2,1-3H3,(H2,14,17). The maximum Gasteiger partial charge on any atom is 0.247 e. The SMILES string of the molecule is CC(C)(C)c1ccc(S(=O)(=O)NCC(O)C(N)=O)cc1. The van der Waals surface area contributed by atoms with Gasteiger partial charge in [-0.1, -0.05) is 32.9 Å². The highest BCUT2D eigenvalue weighted by Crippen LogP contribution is 2.23. The molecule has 1 aromatic carbocycles. The number of amides is 1. The van der Waals surface area contributed by atoms with E-state index in [1.165, 1.54) is 12.1 Å². The molecule has 0 fully saturated rings. The van der Waals surface area contributed by atoms with Gasteiger partial charge < -0.3 is 10.8 Å². The number of nitrogens with two attached hydrogens (primary N) is 1. The molecule has 1 rings (SSSR count). The summed E-state index contributed by atoms with van der Waals surface area (Å²) in [7, 11) is -3.77. The molecule has 0 aromatic heterocycles. The third kappa shape index (κ3) is 4.29. The number of carbonyl (C=O) groups is 1. The van der Waals surface area contributed by atoms with Crippen molar-refractivity contribution < 1.29 is 18.3 Å². The van der Waals surface area contributed by atoms with Crippen LogP contribution in [0.1, 0.15) is 26.3 Å². The molecular formula is C13H20N2O4S. The molecule has 1 aromatic rings. The average Bonchev–Trinajstić information content (AvgIpc) is 2.35. The lowest BCUT2D eigenvalue weighted by Crippen LogP contribution is -2.39. The number of aliphatic hydroxyl groups excluding tert-OH is 1. The van der Waals surface area contributed by atoms with E-state index in [2.05, 4.69) is 4.72 Å². The van der Waals surface area contributed by atoms with Crippen molar-refractivity contribution in [1.82, 2.24) is 4.72 Å². The second-order valence-corrected chi connectivity index (χ2v) is 7.31. The van der Waals surface area contributed by atoms with Gasteiger partial charge in [0.25, 0.3) is 0 Å². The number of primary amides is 1. The number of benzene rings is 1. The van der Waals surface area contributed by atoms with Crippen molar-refractivity contribution in [2.75, 3.05) is 6.54 Å². The molecule has 0 aliphatic carbocycles. The summed E-state index contributed by atoms with van der Waals surface area (Å²) in [6.07, 6.45) is -1.54. The molecule has 1 atom stereocenters. The van der Waals surface area contributed by atoms with Gasteiger partial charge in [0.2, 0.25) is 15.9 Å². The van der Waals surface area contributed by atoms with Gasteiger partial charge in [0.15, 0.2) is 0 Å². The Labute approximate surface area is 119 Å². The molecule has 0 spiro atoms. The largest absolute Gasteiger partial charge is 0.382 e. The molecule has 0 aliphatic rings. The lowest BCUT2D eigenvalue weighted by Gasteiger charge is -2.19. The molecule has 6 nitrogen and oxygen atoms in total. The number of rotatable bonds is 5. The topological polar surface area (TPSA) is 109 Å². The van der Waals surface area contributed by atoms with E-state index >= 15 is 0 Å². The van der Waals surface area contributed by atoms with Crippen molar-refractivity contribution >= 4 is 15.9 Å². The Morgan fingerprint density at radius 1 is 1.30 bits per heavy atom. The molecule has 4 N–H and O–H groups in total. The molecule has 0 bridgehead atoms. The summed E-state index contributed by atoms with van der Waals surface area (Å²) in [5.41, 5.74) is 5.78. The zero-order chi connectivity index (χ0) is 15.6. The fraction of sp³-hybridized carbons (Fsp3) is 0.462. The van der Waals surface area contributed by atoms with Crippen LogP contribution in [0.5, 0.6) is 0 Å². The van der Waals surface area contributed by atoms with Crippen LogP contribution in [-0.2, 0) is 20.2 Å². The minimum absolute atomic E-state index is 0.0715. The van der Waals surface area contributed by atoms with Gasteiger partial charge in [0.1, 0.15) is 6.10 Å². The summed E-state index contributed by atoms with van der Waals surface area (Å²) < 4.78 is 26.0. The molecule has 0 heterocycles. The quantitative estimate of drug-likeness (QED) is 0.717. The number of hydrogen-bond donors (Lipinski definition) is 3. The van der Waals surface area contributed by atoms with Crippen LogP contribution in [0.15, 0.2) is 29.2 Å². The van der Waals surface area contributed by atoms with E-state index in [1.54, 1.807) is 12.1 Å². The van der Waals surface area contributed by atoms with Gasteiger partial charge in [-0.05, 0) is 23.1 Å². The molecule has 0 saturated heterocycles. The highest BCUT2D eigenvalue weighted by Gasteiger charge is 2.19. The smallest absolute Gasteiger partial charge is 0.247 e. The fourth-order valence-electron chi connectivity index (χ4n) is 1.51. The highest BCUT2D eigenvalue weighted by molar-refractivity contribution is 7.89. The zero-order valence-electron chi connectivity index (χ0n) is 11.8. The molecule has 1 amide bonds. The second-order valence-electron chi connectivity index (χ2n) is 5.54. The van der Waals surface area contributed by atoms with Crippen LogP contribution in [0.25, 0.3) is 0 Å². The van der Waals surface area contributed by atoms with Crippen LogP contribution in [0.2, 0.25) is 0 Å². The van der Waals surface area contributed by atoms with E-state index < -0.39 is 28.6 Å². The number of carbonyl (C=O) groups excluding carboxylic acids is 1. The summed E-state index contributed by atoms with van der Waals surface area (Å²) in [4.78, 5) is 10.7. The summed E-state index contributed by atoms with van der Waals surface area (Å²) in [5, 5.41) is 9.19. The van der Waals surface area contributed by atoms with E-state index in [0.717, 1.165) is 5.56 Å². The lowest BCUT2D eigenvalue weighted by atomic mass is 9.87. The van der Waals surface area contributed by atoms with Gasteiger partial charge in [-0.2, -0.15) is 0 Å². The predicted molar refractivity (Wildman–Crippen MR) is 75.5 cm³/mol. The van der Waals surface area contributed by atoms with Crippen molar-refractivity contribution in [3.63, 3.8) is 0 Å². The first kappa shape index (κ1) is 16.6. The average molecular weight is 300 g/mol. The Bertz CT molecular complexity index is 573. The summed E-state index contributed by atoms with van der Waals surface area (Å²) >= 11 is 0. The molecule has 1 unspecified atom stereocenters. The van der Waals surface area contributed by atoms with Gasteiger partial charge in [0.05, 0.1) is 4.90 Å². The van der Waals surface area contributed by atoms with E-state index in [4.69, 9.17) is 5.73 Å². The first-order valence-corrected chi connectivity index (χ1v) is 7.60. The van der Waals surface area contributed by atoms with Crippen LogP contribution in [0.4, 0.5) is 0 Å². The van der Waals surface area contributed by atoms with E-state index in [1.807, 2.05) is 20.8 Å². The Kier molecular flexibility index (Phi) is 4.90. The predicted octanol–water partition coefficient (Wildman–Crippen LogP) is 0.109. The van der Waals surface area contributed by atoms with Crippen LogP contribution in [0.3, 0.4) is 0 Å². The Hall–Kier alpha value is -1.44. The summed E-state index contributed by atoms with van der Waals surface area (Å²) in [6, 6.07) is 6.44. The van der Waals surface area contributed by atoms with Gasteiger partial charge in [0, 0.05) is 6.54 Å². The fourth-order valence-corrected chi connectivity index (χ4v) is 2.54. The molecule has 0 saturated carbocycles. The van der Waals surface area contributed by atoms with Crippen LogP contribution >= 0.6 is 0 Å². The highest BCUT2D eigenvalue weighted by atomic mass is 32.2. The van der Waals surface area contributed by atoms with Crippen LogP contribution in [-0.4, -0.2) is 32.1 Å².